The van der Waals surface area contributed by atoms with Crippen molar-refractivity contribution in [1.29, 1.82) is 0 Å². The summed E-state index contributed by atoms with van der Waals surface area (Å²) < 4.78 is 10.5. The zero-order valence-corrected chi connectivity index (χ0v) is 17.4. The molecule has 0 amide bonds. The number of fused-ring (bicyclic) bond motifs is 1. The van der Waals surface area contributed by atoms with Crippen molar-refractivity contribution < 1.29 is 19.1 Å². The first-order valence-electron chi connectivity index (χ1n) is 10.2. The molecule has 0 aromatic carbocycles. The standard InChI is InChI=1S/C23H34O4/c1-16-13-19(15-27-17(2)24)20-21(3,4)9-6-10-22(20,5)23(16,25)11-7-18-8-12-26-14-18/h8,12,14-16,20,25H,6-7,9-11,13H2,1-5H3/b19-15-/t16-,20+,22+,23-/m1/s1. The van der Waals surface area contributed by atoms with E-state index in [2.05, 4.69) is 27.7 Å². The van der Waals surface area contributed by atoms with Crippen LogP contribution in [-0.4, -0.2) is 16.7 Å². The topological polar surface area (TPSA) is 59.7 Å². The quantitative estimate of drug-likeness (QED) is 0.577. The number of aryl methyl sites for hydroxylation is 1. The molecule has 0 radical (unpaired) electrons. The minimum Gasteiger partial charge on any atom is -0.472 e. The monoisotopic (exact) mass is 374 g/mol. The first-order chi connectivity index (χ1) is 12.6. The largest absolute Gasteiger partial charge is 0.472 e. The van der Waals surface area contributed by atoms with Crippen molar-refractivity contribution in [3.05, 3.63) is 36.0 Å². The smallest absolute Gasteiger partial charge is 0.307 e. The molecule has 0 saturated heterocycles. The van der Waals surface area contributed by atoms with E-state index in [9.17, 15) is 9.90 Å². The van der Waals surface area contributed by atoms with Gasteiger partial charge in [-0.25, -0.2) is 0 Å². The number of carbonyl (C=O) groups is 1. The van der Waals surface area contributed by atoms with Gasteiger partial charge in [0, 0.05) is 12.3 Å². The van der Waals surface area contributed by atoms with E-state index in [1.807, 2.05) is 6.07 Å². The molecule has 1 N–H and O–H groups in total. The second kappa shape index (κ2) is 7.12. The van der Waals surface area contributed by atoms with Gasteiger partial charge in [-0.1, -0.05) is 34.1 Å². The number of aliphatic hydroxyl groups is 1. The molecule has 0 bridgehead atoms. The van der Waals surface area contributed by atoms with Gasteiger partial charge in [0.1, 0.15) is 0 Å². The highest BCUT2D eigenvalue weighted by Gasteiger charge is 2.62. The minimum atomic E-state index is -0.764. The van der Waals surface area contributed by atoms with Gasteiger partial charge in [0.05, 0.1) is 24.4 Å². The summed E-state index contributed by atoms with van der Waals surface area (Å²) >= 11 is 0. The Balaban J connectivity index is 1.98. The lowest BCUT2D eigenvalue weighted by Gasteiger charge is -2.63. The Morgan fingerprint density at radius 3 is 2.74 bits per heavy atom. The number of furan rings is 1. The highest BCUT2D eigenvalue weighted by atomic mass is 16.5. The van der Waals surface area contributed by atoms with Crippen LogP contribution in [0.1, 0.15) is 72.3 Å². The summed E-state index contributed by atoms with van der Waals surface area (Å²) in [5.74, 6) is 0.0104. The first kappa shape index (κ1) is 20.2. The van der Waals surface area contributed by atoms with Crippen LogP contribution in [0.2, 0.25) is 0 Å². The fraction of sp³-hybridized carbons (Fsp3) is 0.696. The summed E-state index contributed by atoms with van der Waals surface area (Å²) in [4.78, 5) is 11.4. The molecule has 0 aliphatic heterocycles. The van der Waals surface area contributed by atoms with Gasteiger partial charge >= 0.3 is 5.97 Å². The van der Waals surface area contributed by atoms with Crippen LogP contribution in [0.3, 0.4) is 0 Å². The summed E-state index contributed by atoms with van der Waals surface area (Å²) in [5.41, 5.74) is 1.36. The number of hydrogen-bond donors (Lipinski definition) is 1. The fourth-order valence-electron chi connectivity index (χ4n) is 6.22. The molecule has 1 aromatic rings. The van der Waals surface area contributed by atoms with Gasteiger partial charge in [-0.15, -0.1) is 0 Å². The summed E-state index contributed by atoms with van der Waals surface area (Å²) in [6.45, 7) is 10.4. The Labute approximate surface area is 163 Å². The molecule has 150 valence electrons. The Hall–Kier alpha value is -1.55. The molecule has 3 rings (SSSR count). The lowest BCUT2D eigenvalue weighted by Crippen LogP contribution is -2.63. The first-order valence-corrected chi connectivity index (χ1v) is 10.2. The molecular formula is C23H34O4. The third kappa shape index (κ3) is 3.49. The van der Waals surface area contributed by atoms with Crippen molar-refractivity contribution in [3.8, 4) is 0 Å². The third-order valence-electron chi connectivity index (χ3n) is 7.40. The molecule has 0 unspecified atom stereocenters. The van der Waals surface area contributed by atoms with Gasteiger partial charge in [-0.05, 0) is 66.6 Å². The third-order valence-corrected chi connectivity index (χ3v) is 7.40. The Kier molecular flexibility index (Phi) is 5.33. The molecule has 2 aliphatic rings. The van der Waals surface area contributed by atoms with Gasteiger partial charge in [0.25, 0.3) is 0 Å². The van der Waals surface area contributed by atoms with E-state index in [0.717, 1.165) is 44.1 Å². The SMILES string of the molecule is CC(=O)O/C=C1/C[C@@H](C)[C@](O)(CCc2ccoc2)[C@@]2(C)CCCC(C)(C)[C@H]12. The average molecular weight is 375 g/mol. The van der Waals surface area contributed by atoms with Crippen molar-refractivity contribution >= 4 is 5.97 Å². The molecular weight excluding hydrogens is 340 g/mol. The van der Waals surface area contributed by atoms with Crippen LogP contribution in [0.5, 0.6) is 0 Å². The van der Waals surface area contributed by atoms with Crippen LogP contribution in [0.15, 0.2) is 34.8 Å². The van der Waals surface area contributed by atoms with E-state index in [-0.39, 0.29) is 28.6 Å². The van der Waals surface area contributed by atoms with Crippen LogP contribution in [-0.2, 0) is 16.0 Å². The predicted octanol–water partition coefficient (Wildman–Crippen LogP) is 5.26. The summed E-state index contributed by atoms with van der Waals surface area (Å²) in [5, 5.41) is 12.1. The zero-order chi connectivity index (χ0) is 19.9. The van der Waals surface area contributed by atoms with Crippen LogP contribution in [0.4, 0.5) is 0 Å². The van der Waals surface area contributed by atoms with Gasteiger partial charge in [-0.2, -0.15) is 0 Å². The molecule has 0 spiro atoms. The molecule has 4 heteroatoms. The Morgan fingerprint density at radius 1 is 1.37 bits per heavy atom. The molecule has 2 saturated carbocycles. The van der Waals surface area contributed by atoms with Gasteiger partial charge in [0.15, 0.2) is 0 Å². The fourth-order valence-corrected chi connectivity index (χ4v) is 6.22. The number of allylic oxidation sites excluding steroid dienone is 1. The second-order valence-electron chi connectivity index (χ2n) is 9.66. The lowest BCUT2D eigenvalue weighted by molar-refractivity contribution is -0.194. The molecule has 1 heterocycles. The van der Waals surface area contributed by atoms with E-state index in [0.29, 0.717) is 0 Å². The van der Waals surface area contributed by atoms with Crippen molar-refractivity contribution in [2.45, 2.75) is 78.7 Å². The number of esters is 1. The van der Waals surface area contributed by atoms with Crippen LogP contribution in [0, 0.1) is 22.7 Å². The lowest BCUT2D eigenvalue weighted by atomic mass is 9.43. The van der Waals surface area contributed by atoms with Crippen LogP contribution < -0.4 is 0 Å². The number of ether oxygens (including phenoxy) is 1. The van der Waals surface area contributed by atoms with Crippen LogP contribution in [0.25, 0.3) is 0 Å². The normalized spacial score (nSPS) is 37.0. The summed E-state index contributed by atoms with van der Waals surface area (Å²) in [6.07, 6.45) is 10.7. The molecule has 1 aromatic heterocycles. The maximum atomic E-state index is 12.1. The van der Waals surface area contributed by atoms with Crippen molar-refractivity contribution in [2.24, 2.45) is 22.7 Å². The maximum Gasteiger partial charge on any atom is 0.307 e. The number of carbonyl (C=O) groups excluding carboxylic acids is 1. The Bertz CT molecular complexity index is 702. The van der Waals surface area contributed by atoms with Crippen molar-refractivity contribution in [3.63, 3.8) is 0 Å². The van der Waals surface area contributed by atoms with Crippen molar-refractivity contribution in [1.82, 2.24) is 0 Å². The van der Waals surface area contributed by atoms with E-state index < -0.39 is 5.60 Å². The maximum absolute atomic E-state index is 12.1. The molecule has 27 heavy (non-hydrogen) atoms. The molecule has 4 atom stereocenters. The zero-order valence-electron chi connectivity index (χ0n) is 17.4. The summed E-state index contributed by atoms with van der Waals surface area (Å²) in [6, 6.07) is 1.98. The highest BCUT2D eigenvalue weighted by molar-refractivity contribution is 5.66. The van der Waals surface area contributed by atoms with Gasteiger partial charge < -0.3 is 14.3 Å². The molecule has 4 nitrogen and oxygen atoms in total. The van der Waals surface area contributed by atoms with Crippen LogP contribution >= 0.6 is 0 Å². The molecule has 2 fully saturated rings. The van der Waals surface area contributed by atoms with E-state index >= 15 is 0 Å². The van der Waals surface area contributed by atoms with E-state index in [1.165, 1.54) is 12.5 Å². The second-order valence-corrected chi connectivity index (χ2v) is 9.66. The highest BCUT2D eigenvalue weighted by Crippen LogP contribution is 2.65. The minimum absolute atomic E-state index is 0.0583. The summed E-state index contributed by atoms with van der Waals surface area (Å²) in [7, 11) is 0. The molecule has 2 aliphatic carbocycles. The van der Waals surface area contributed by atoms with Crippen molar-refractivity contribution in [2.75, 3.05) is 0 Å². The van der Waals surface area contributed by atoms with Gasteiger partial charge in [-0.3, -0.25) is 4.79 Å². The Morgan fingerprint density at radius 2 is 2.11 bits per heavy atom. The van der Waals surface area contributed by atoms with E-state index in [1.54, 1.807) is 18.8 Å². The van der Waals surface area contributed by atoms with E-state index in [4.69, 9.17) is 9.15 Å². The predicted molar refractivity (Wildman–Crippen MR) is 105 cm³/mol. The number of hydrogen-bond acceptors (Lipinski definition) is 4. The number of rotatable bonds is 4. The average Bonchev–Trinajstić information content (AvgIpc) is 3.08. The van der Waals surface area contributed by atoms with Gasteiger partial charge in [0.2, 0.25) is 0 Å².